The fourth-order valence-corrected chi connectivity index (χ4v) is 4.22. The minimum absolute atomic E-state index is 0.000506. The topological polar surface area (TPSA) is 70.7 Å². The van der Waals surface area contributed by atoms with Gasteiger partial charge in [0.1, 0.15) is 5.60 Å². The monoisotopic (exact) mass is 429 g/mol. The molecule has 1 aromatic carbocycles. The average molecular weight is 430 g/mol. The molecule has 1 aromatic heterocycles. The Bertz CT molecular complexity index is 861. The molecule has 162 valence electrons. The Kier molecular flexibility index (Phi) is 7.02. The van der Waals surface area contributed by atoms with Crippen LogP contribution in [-0.4, -0.2) is 41.6 Å². The Morgan fingerprint density at radius 3 is 2.60 bits per heavy atom. The van der Waals surface area contributed by atoms with E-state index >= 15 is 0 Å². The largest absolute Gasteiger partial charge is 0.444 e. The van der Waals surface area contributed by atoms with Gasteiger partial charge in [0, 0.05) is 29.9 Å². The molecule has 0 saturated carbocycles. The fraction of sp³-hybridized carbons (Fsp3) is 0.478. The SMILES string of the molecule is C[C@@H](Cc1cccs1)C(=O)Nc1ccccc1N[C@H]1CCN(C(=O)OC(C)(C)C)C1. The van der Waals surface area contributed by atoms with Gasteiger partial charge in [-0.15, -0.1) is 11.3 Å². The summed E-state index contributed by atoms with van der Waals surface area (Å²) in [6, 6.07) is 11.9. The number of para-hydroxylation sites is 2. The van der Waals surface area contributed by atoms with Crippen molar-refractivity contribution in [2.24, 2.45) is 5.92 Å². The summed E-state index contributed by atoms with van der Waals surface area (Å²) < 4.78 is 5.47. The number of rotatable bonds is 6. The third kappa shape index (κ3) is 6.23. The lowest BCUT2D eigenvalue weighted by molar-refractivity contribution is -0.119. The third-order valence-corrected chi connectivity index (χ3v) is 5.82. The number of carbonyl (C=O) groups excluding carboxylic acids is 2. The van der Waals surface area contributed by atoms with Crippen LogP contribution in [0.15, 0.2) is 41.8 Å². The van der Waals surface area contributed by atoms with E-state index in [9.17, 15) is 9.59 Å². The smallest absolute Gasteiger partial charge is 0.410 e. The number of hydrogen-bond acceptors (Lipinski definition) is 5. The summed E-state index contributed by atoms with van der Waals surface area (Å²) in [5.74, 6) is -0.120. The average Bonchev–Trinajstić information content (AvgIpc) is 3.34. The van der Waals surface area contributed by atoms with E-state index in [0.29, 0.717) is 13.1 Å². The number of anilines is 2. The molecule has 0 bridgehead atoms. The molecule has 1 aliphatic heterocycles. The summed E-state index contributed by atoms with van der Waals surface area (Å²) >= 11 is 1.67. The van der Waals surface area contributed by atoms with Crippen LogP contribution < -0.4 is 10.6 Å². The fourth-order valence-electron chi connectivity index (χ4n) is 3.39. The van der Waals surface area contributed by atoms with Gasteiger partial charge in [-0.3, -0.25) is 4.79 Å². The summed E-state index contributed by atoms with van der Waals surface area (Å²) in [7, 11) is 0. The van der Waals surface area contributed by atoms with Crippen LogP contribution in [0, 0.1) is 5.92 Å². The van der Waals surface area contributed by atoms with Crippen LogP contribution in [-0.2, 0) is 16.0 Å². The number of benzene rings is 1. The summed E-state index contributed by atoms with van der Waals surface area (Å²) in [4.78, 5) is 27.9. The molecule has 2 atom stereocenters. The van der Waals surface area contributed by atoms with Crippen LogP contribution in [0.3, 0.4) is 0 Å². The number of thiophene rings is 1. The Morgan fingerprint density at radius 2 is 1.93 bits per heavy atom. The first kappa shape index (κ1) is 22.2. The number of likely N-dealkylation sites (tertiary alicyclic amines) is 1. The maximum atomic E-state index is 12.7. The second-order valence-corrected chi connectivity index (χ2v) is 9.81. The van der Waals surface area contributed by atoms with E-state index in [4.69, 9.17) is 4.74 Å². The Hall–Kier alpha value is -2.54. The molecule has 2 amide bonds. The first-order valence-electron chi connectivity index (χ1n) is 10.4. The maximum absolute atomic E-state index is 12.7. The summed E-state index contributed by atoms with van der Waals surface area (Å²) in [6.45, 7) is 8.78. The molecule has 2 heterocycles. The van der Waals surface area contributed by atoms with Crippen molar-refractivity contribution < 1.29 is 14.3 Å². The molecule has 2 N–H and O–H groups in total. The van der Waals surface area contributed by atoms with Crippen molar-refractivity contribution >= 4 is 34.7 Å². The molecule has 0 spiro atoms. The van der Waals surface area contributed by atoms with Gasteiger partial charge in [-0.1, -0.05) is 25.1 Å². The summed E-state index contributed by atoms with van der Waals surface area (Å²) in [5, 5.41) is 8.57. The van der Waals surface area contributed by atoms with Gasteiger partial charge in [-0.25, -0.2) is 4.79 Å². The van der Waals surface area contributed by atoms with Gasteiger partial charge >= 0.3 is 6.09 Å². The van der Waals surface area contributed by atoms with Crippen LogP contribution in [0.1, 0.15) is 39.0 Å². The number of carbonyl (C=O) groups is 2. The molecule has 0 aliphatic carbocycles. The van der Waals surface area contributed by atoms with E-state index < -0.39 is 5.60 Å². The van der Waals surface area contributed by atoms with Gasteiger partial charge in [0.2, 0.25) is 5.91 Å². The molecule has 30 heavy (non-hydrogen) atoms. The molecular weight excluding hydrogens is 398 g/mol. The lowest BCUT2D eigenvalue weighted by Crippen LogP contribution is -2.36. The molecule has 1 aliphatic rings. The molecular formula is C23H31N3O3S. The number of nitrogens with zero attached hydrogens (tertiary/aromatic N) is 1. The molecule has 1 fully saturated rings. The van der Waals surface area contributed by atoms with Crippen LogP contribution in [0.25, 0.3) is 0 Å². The van der Waals surface area contributed by atoms with Gasteiger partial charge in [-0.05, 0) is 57.2 Å². The third-order valence-electron chi connectivity index (χ3n) is 4.92. The highest BCUT2D eigenvalue weighted by Gasteiger charge is 2.30. The van der Waals surface area contributed by atoms with Crippen LogP contribution in [0.5, 0.6) is 0 Å². The van der Waals surface area contributed by atoms with Crippen molar-refractivity contribution in [2.75, 3.05) is 23.7 Å². The molecule has 2 aromatic rings. The first-order valence-corrected chi connectivity index (χ1v) is 11.3. The van der Waals surface area contributed by atoms with Gasteiger partial charge in [0.15, 0.2) is 0 Å². The second-order valence-electron chi connectivity index (χ2n) is 8.78. The molecule has 7 heteroatoms. The first-order chi connectivity index (χ1) is 14.2. The predicted molar refractivity (Wildman–Crippen MR) is 122 cm³/mol. The summed E-state index contributed by atoms with van der Waals surface area (Å²) in [5.41, 5.74) is 1.13. The zero-order valence-electron chi connectivity index (χ0n) is 18.1. The number of amides is 2. The number of hydrogen-bond donors (Lipinski definition) is 2. The van der Waals surface area contributed by atoms with E-state index in [-0.39, 0.29) is 24.0 Å². The van der Waals surface area contributed by atoms with E-state index in [1.165, 1.54) is 4.88 Å². The minimum atomic E-state index is -0.501. The van der Waals surface area contributed by atoms with Gasteiger partial charge in [0.05, 0.1) is 11.4 Å². The highest BCUT2D eigenvalue weighted by molar-refractivity contribution is 7.09. The Morgan fingerprint density at radius 1 is 1.20 bits per heavy atom. The van der Waals surface area contributed by atoms with Crippen LogP contribution >= 0.6 is 11.3 Å². The quantitative estimate of drug-likeness (QED) is 0.679. The highest BCUT2D eigenvalue weighted by atomic mass is 32.1. The minimum Gasteiger partial charge on any atom is -0.444 e. The molecule has 0 radical (unpaired) electrons. The van der Waals surface area contributed by atoms with Gasteiger partial charge in [0.25, 0.3) is 0 Å². The van der Waals surface area contributed by atoms with Crippen LogP contribution in [0.2, 0.25) is 0 Å². The van der Waals surface area contributed by atoms with Crippen molar-refractivity contribution in [3.8, 4) is 0 Å². The molecule has 3 rings (SSSR count). The molecule has 0 unspecified atom stereocenters. The lowest BCUT2D eigenvalue weighted by atomic mass is 10.1. The molecule has 1 saturated heterocycles. The normalized spacial score (nSPS) is 17.5. The highest BCUT2D eigenvalue weighted by Crippen LogP contribution is 2.26. The zero-order valence-corrected chi connectivity index (χ0v) is 18.9. The maximum Gasteiger partial charge on any atom is 0.410 e. The van der Waals surface area contributed by atoms with E-state index in [2.05, 4.69) is 16.7 Å². The van der Waals surface area contributed by atoms with Gasteiger partial charge in [-0.2, -0.15) is 0 Å². The van der Waals surface area contributed by atoms with Crippen molar-refractivity contribution in [1.29, 1.82) is 0 Å². The Balaban J connectivity index is 1.58. The summed E-state index contributed by atoms with van der Waals surface area (Å²) in [6.07, 6.45) is 1.28. The lowest BCUT2D eigenvalue weighted by Gasteiger charge is -2.24. The predicted octanol–water partition coefficient (Wildman–Crippen LogP) is 4.99. The zero-order chi connectivity index (χ0) is 21.7. The second kappa shape index (κ2) is 9.51. The number of nitrogens with one attached hydrogen (secondary N) is 2. The van der Waals surface area contributed by atoms with Crippen molar-refractivity contribution in [3.05, 3.63) is 46.7 Å². The number of ether oxygens (including phenoxy) is 1. The molecule has 6 nitrogen and oxygen atoms in total. The van der Waals surface area contributed by atoms with E-state index in [1.807, 2.05) is 63.4 Å². The standard InChI is InChI=1S/C23H31N3O3S/c1-16(14-18-8-7-13-30-18)21(27)25-20-10-6-5-9-19(20)24-17-11-12-26(15-17)22(28)29-23(2,3)4/h5-10,13,16-17,24H,11-12,14-15H2,1-4H3,(H,25,27)/t16-,17-/m0/s1. The van der Waals surface area contributed by atoms with Crippen LogP contribution in [0.4, 0.5) is 16.2 Å². The Labute approximate surface area is 182 Å². The van der Waals surface area contributed by atoms with Crippen molar-refractivity contribution in [1.82, 2.24) is 4.90 Å². The van der Waals surface area contributed by atoms with Crippen molar-refractivity contribution in [3.63, 3.8) is 0 Å². The van der Waals surface area contributed by atoms with E-state index in [1.54, 1.807) is 16.2 Å². The van der Waals surface area contributed by atoms with Crippen molar-refractivity contribution in [2.45, 2.75) is 52.2 Å². The van der Waals surface area contributed by atoms with E-state index in [0.717, 1.165) is 24.2 Å². The van der Waals surface area contributed by atoms with Gasteiger partial charge < -0.3 is 20.3 Å².